The number of rotatable bonds is 8. The van der Waals surface area contributed by atoms with Gasteiger partial charge in [0.2, 0.25) is 11.8 Å². The summed E-state index contributed by atoms with van der Waals surface area (Å²) >= 11 is 0. The van der Waals surface area contributed by atoms with Crippen molar-refractivity contribution in [3.63, 3.8) is 0 Å². The van der Waals surface area contributed by atoms with Gasteiger partial charge < -0.3 is 20.1 Å². The van der Waals surface area contributed by atoms with Crippen molar-refractivity contribution in [2.75, 3.05) is 24.9 Å². The van der Waals surface area contributed by atoms with Crippen LogP contribution in [-0.4, -0.2) is 49.3 Å². The lowest BCUT2D eigenvalue weighted by Crippen LogP contribution is -2.42. The molecular formula is C28H37N7O4. The molecule has 6 rings (SSSR count). The van der Waals surface area contributed by atoms with Crippen molar-refractivity contribution in [3.8, 4) is 11.6 Å². The van der Waals surface area contributed by atoms with Gasteiger partial charge in [0.1, 0.15) is 11.4 Å². The molecule has 3 heterocycles. The van der Waals surface area contributed by atoms with E-state index in [2.05, 4.69) is 37.3 Å². The van der Waals surface area contributed by atoms with Gasteiger partial charge in [0.25, 0.3) is 5.91 Å². The summed E-state index contributed by atoms with van der Waals surface area (Å²) in [7, 11) is 3.21. The van der Waals surface area contributed by atoms with Crippen LogP contribution < -0.4 is 41.8 Å². The van der Waals surface area contributed by atoms with Crippen molar-refractivity contribution in [2.45, 2.75) is 63.2 Å². The maximum Gasteiger partial charge on any atom is 0.284 e. The van der Waals surface area contributed by atoms with E-state index in [4.69, 9.17) is 9.47 Å². The van der Waals surface area contributed by atoms with Gasteiger partial charge in [-0.1, -0.05) is 0 Å². The average Bonchev–Trinajstić information content (AvgIpc) is 3.49. The molecule has 0 radical (unpaired) electrons. The summed E-state index contributed by atoms with van der Waals surface area (Å²) in [6.07, 6.45) is 3.99. The maximum absolute atomic E-state index is 13.1. The highest BCUT2D eigenvalue weighted by molar-refractivity contribution is 6.09. The molecule has 6 atom stereocenters. The summed E-state index contributed by atoms with van der Waals surface area (Å²) in [5, 5.41) is 6.64. The predicted molar refractivity (Wildman–Crippen MR) is 146 cm³/mol. The van der Waals surface area contributed by atoms with E-state index in [9.17, 15) is 9.59 Å². The molecule has 2 amide bonds. The molecule has 3 fully saturated rings. The predicted octanol–water partition coefficient (Wildman–Crippen LogP) is 2.28. The molecule has 208 valence electrons. The fraction of sp³-hybridized carbons (Fsp3) is 0.536. The molecule has 2 aliphatic carbocycles. The normalized spacial score (nSPS) is 30.5. The molecule has 4 unspecified atom stereocenters. The molecule has 2 aliphatic heterocycles. The van der Waals surface area contributed by atoms with Crippen molar-refractivity contribution in [1.29, 1.82) is 0 Å². The molecule has 6 N–H and O–H groups in total. The third-order valence-corrected chi connectivity index (χ3v) is 8.81. The molecule has 1 aromatic heterocycles. The van der Waals surface area contributed by atoms with Crippen LogP contribution in [0.25, 0.3) is 0 Å². The number of nitrogens with one attached hydrogen (secondary N) is 6. The van der Waals surface area contributed by atoms with Crippen LogP contribution in [0.15, 0.2) is 30.3 Å². The van der Waals surface area contributed by atoms with E-state index >= 15 is 0 Å². The van der Waals surface area contributed by atoms with Crippen LogP contribution in [0, 0.1) is 17.8 Å². The SMILES string of the molecule is COc1ccc2c(c1)[C@]1(C[C@H]1C1CCC3C(C1)NNC3Nc1ccc(C(=O)NNC(C)C)nc1OC)C(=O)N2. The Morgan fingerprint density at radius 3 is 2.74 bits per heavy atom. The van der Waals surface area contributed by atoms with Crippen molar-refractivity contribution in [3.05, 3.63) is 41.6 Å². The van der Waals surface area contributed by atoms with Crippen molar-refractivity contribution >= 4 is 23.2 Å². The zero-order valence-corrected chi connectivity index (χ0v) is 22.8. The molecule has 2 saturated carbocycles. The van der Waals surface area contributed by atoms with Gasteiger partial charge in [0, 0.05) is 23.7 Å². The van der Waals surface area contributed by atoms with Crippen LogP contribution in [-0.2, 0) is 10.2 Å². The number of ether oxygens (including phenoxy) is 2. The van der Waals surface area contributed by atoms with E-state index in [0.717, 1.165) is 48.4 Å². The Balaban J connectivity index is 1.10. The quantitative estimate of drug-likeness (QED) is 0.281. The number of pyridine rings is 1. The smallest absolute Gasteiger partial charge is 0.284 e. The number of carbonyl (C=O) groups is 2. The first-order chi connectivity index (χ1) is 18.8. The number of hydrazine groups is 2. The summed E-state index contributed by atoms with van der Waals surface area (Å²) in [6.45, 7) is 3.88. The first-order valence-electron chi connectivity index (χ1n) is 13.7. The number of anilines is 2. The van der Waals surface area contributed by atoms with Crippen molar-refractivity contribution < 1.29 is 19.1 Å². The van der Waals surface area contributed by atoms with Crippen LogP contribution in [0.2, 0.25) is 0 Å². The zero-order valence-electron chi connectivity index (χ0n) is 22.8. The fourth-order valence-electron chi connectivity index (χ4n) is 6.79. The average molecular weight is 536 g/mol. The standard InChI is InChI=1S/C28H37N7O4/c1-14(2)32-35-25(36)21-9-10-22(26(30-21)39-4)29-24-17-7-5-15(11-23(17)33-34-24)19-13-28(19)18-12-16(38-3)6-8-20(18)31-27(28)37/h6,8-10,12,14-15,17,19,23-24,29,32-34H,5,7,11,13H2,1-4H3,(H,31,37)(H,35,36)/t15?,17?,19-,23?,24?,28-/m0/s1. The summed E-state index contributed by atoms with van der Waals surface area (Å²) in [4.78, 5) is 29.9. The summed E-state index contributed by atoms with van der Waals surface area (Å²) in [5.74, 6) is 2.15. The number of benzene rings is 1. The number of carbonyl (C=O) groups excluding carboxylic acids is 2. The zero-order chi connectivity index (χ0) is 27.3. The summed E-state index contributed by atoms with van der Waals surface area (Å²) in [6, 6.07) is 9.81. The minimum atomic E-state index is -0.414. The third-order valence-electron chi connectivity index (χ3n) is 8.81. The maximum atomic E-state index is 13.1. The summed E-state index contributed by atoms with van der Waals surface area (Å²) < 4.78 is 11.0. The molecule has 39 heavy (non-hydrogen) atoms. The Labute approximate surface area is 228 Å². The number of hydrogen-bond acceptors (Lipinski definition) is 9. The molecular weight excluding hydrogens is 498 g/mol. The fourth-order valence-corrected chi connectivity index (χ4v) is 6.79. The molecule has 2 aromatic rings. The number of fused-ring (bicyclic) bond motifs is 3. The van der Waals surface area contributed by atoms with Crippen LogP contribution >= 0.6 is 0 Å². The second kappa shape index (κ2) is 9.96. The van der Waals surface area contributed by atoms with Gasteiger partial charge in [0.05, 0.1) is 31.5 Å². The van der Waals surface area contributed by atoms with Gasteiger partial charge in [-0.2, -0.15) is 0 Å². The van der Waals surface area contributed by atoms with Gasteiger partial charge in [-0.25, -0.2) is 15.8 Å². The van der Waals surface area contributed by atoms with Gasteiger partial charge in [-0.05, 0) is 87.3 Å². The third kappa shape index (κ3) is 4.48. The Bertz CT molecular complexity index is 1290. The molecule has 1 spiro atoms. The van der Waals surface area contributed by atoms with Crippen molar-refractivity contribution in [2.24, 2.45) is 17.8 Å². The highest BCUT2D eigenvalue weighted by Gasteiger charge is 2.67. The van der Waals surface area contributed by atoms with Crippen LogP contribution in [0.3, 0.4) is 0 Å². The Kier molecular flexibility index (Phi) is 6.60. The highest BCUT2D eigenvalue weighted by Crippen LogP contribution is 2.65. The van der Waals surface area contributed by atoms with Crippen LogP contribution in [0.5, 0.6) is 11.6 Å². The van der Waals surface area contributed by atoms with Crippen LogP contribution in [0.1, 0.15) is 55.6 Å². The second-order valence-electron chi connectivity index (χ2n) is 11.4. The van der Waals surface area contributed by atoms with E-state index < -0.39 is 5.41 Å². The lowest BCUT2D eigenvalue weighted by Gasteiger charge is -2.34. The van der Waals surface area contributed by atoms with Gasteiger partial charge >= 0.3 is 0 Å². The minimum absolute atomic E-state index is 0.0122. The highest BCUT2D eigenvalue weighted by atomic mass is 16.5. The largest absolute Gasteiger partial charge is 0.497 e. The van der Waals surface area contributed by atoms with Crippen molar-refractivity contribution in [1.82, 2.24) is 26.7 Å². The van der Waals surface area contributed by atoms with E-state index in [-0.39, 0.29) is 29.7 Å². The number of aromatic nitrogens is 1. The Morgan fingerprint density at radius 1 is 1.13 bits per heavy atom. The molecule has 1 saturated heterocycles. The number of amides is 2. The molecule has 11 nitrogen and oxygen atoms in total. The number of methoxy groups -OCH3 is 2. The van der Waals surface area contributed by atoms with Gasteiger partial charge in [-0.15, -0.1) is 0 Å². The van der Waals surface area contributed by atoms with E-state index in [1.54, 1.807) is 20.3 Å². The number of nitrogens with zero attached hydrogens (tertiary/aromatic N) is 1. The van der Waals surface area contributed by atoms with E-state index in [1.165, 1.54) is 0 Å². The molecule has 0 bridgehead atoms. The molecule has 11 heteroatoms. The summed E-state index contributed by atoms with van der Waals surface area (Å²) in [5.41, 5.74) is 15.0. The van der Waals surface area contributed by atoms with E-state index in [0.29, 0.717) is 29.7 Å². The minimum Gasteiger partial charge on any atom is -0.497 e. The van der Waals surface area contributed by atoms with E-state index in [1.807, 2.05) is 38.1 Å². The Hall–Kier alpha value is -3.41. The Morgan fingerprint density at radius 2 is 1.97 bits per heavy atom. The first-order valence-corrected chi connectivity index (χ1v) is 13.7. The monoisotopic (exact) mass is 535 g/mol. The molecule has 4 aliphatic rings. The van der Waals surface area contributed by atoms with Gasteiger partial charge in [-0.3, -0.25) is 20.4 Å². The van der Waals surface area contributed by atoms with Crippen LogP contribution in [0.4, 0.5) is 11.4 Å². The number of hydrogen-bond donors (Lipinski definition) is 6. The van der Waals surface area contributed by atoms with Gasteiger partial charge in [0.15, 0.2) is 0 Å². The lowest BCUT2D eigenvalue weighted by molar-refractivity contribution is -0.118. The second-order valence-corrected chi connectivity index (χ2v) is 11.4. The molecule has 1 aromatic carbocycles. The topological polar surface area (TPSA) is 138 Å². The lowest BCUT2D eigenvalue weighted by atomic mass is 9.74. The first kappa shape index (κ1) is 25.8.